The van der Waals surface area contributed by atoms with E-state index < -0.39 is 0 Å². The predicted molar refractivity (Wildman–Crippen MR) is 68.0 cm³/mol. The van der Waals surface area contributed by atoms with Crippen molar-refractivity contribution in [3.05, 3.63) is 49.8 Å². The molecule has 2 rings (SSSR count). The van der Waals surface area contributed by atoms with Gasteiger partial charge in [0.1, 0.15) is 5.75 Å². The molecule has 0 saturated heterocycles. The average molecular weight is 229 g/mol. The number of nitrogens with zero attached hydrogens (tertiary/aromatic N) is 2. The first-order chi connectivity index (χ1) is 8.40. The van der Waals surface area contributed by atoms with Gasteiger partial charge in [0, 0.05) is 6.54 Å². The number of hydrogen-bond acceptors (Lipinski definition) is 2. The molecule has 17 heavy (non-hydrogen) atoms. The Labute approximate surface area is 102 Å². The molecule has 0 spiro atoms. The Morgan fingerprint density at radius 2 is 2.00 bits per heavy atom. The van der Waals surface area contributed by atoms with Crippen LogP contribution in [0, 0.1) is 6.92 Å². The van der Waals surface area contributed by atoms with Crippen molar-refractivity contribution in [3.63, 3.8) is 0 Å². The zero-order chi connectivity index (χ0) is 11.9. The van der Waals surface area contributed by atoms with E-state index in [1.807, 2.05) is 34.9 Å². The Morgan fingerprint density at radius 3 is 2.76 bits per heavy atom. The number of imidazole rings is 1. The Hall–Kier alpha value is -1.77. The number of aromatic nitrogens is 2. The third-order valence-corrected chi connectivity index (χ3v) is 2.54. The highest BCUT2D eigenvalue weighted by Crippen LogP contribution is 2.20. The van der Waals surface area contributed by atoms with Gasteiger partial charge >= 0.3 is 0 Å². The van der Waals surface area contributed by atoms with E-state index in [4.69, 9.17) is 4.74 Å². The second-order valence-corrected chi connectivity index (χ2v) is 3.90. The van der Waals surface area contributed by atoms with Crippen LogP contribution in [0.4, 0.5) is 0 Å². The van der Waals surface area contributed by atoms with Crippen molar-refractivity contribution >= 4 is 0 Å². The highest BCUT2D eigenvalue weighted by molar-refractivity contribution is 5.25. The third kappa shape index (κ3) is 3.34. The van der Waals surface area contributed by atoms with Crippen LogP contribution in [0.3, 0.4) is 0 Å². The van der Waals surface area contributed by atoms with Gasteiger partial charge < -0.3 is 9.30 Å². The van der Waals surface area contributed by atoms with Crippen molar-refractivity contribution < 1.29 is 4.74 Å². The summed E-state index contributed by atoms with van der Waals surface area (Å²) in [6.07, 6.45) is 6.76. The Balaban J connectivity index is 1.99. The van der Waals surface area contributed by atoms with Crippen LogP contribution in [-0.2, 0) is 6.54 Å². The number of para-hydroxylation sites is 1. The second-order valence-electron chi connectivity index (χ2n) is 3.90. The van der Waals surface area contributed by atoms with E-state index >= 15 is 0 Å². The summed E-state index contributed by atoms with van der Waals surface area (Å²) in [4.78, 5) is 4.12. The number of rotatable bonds is 6. The van der Waals surface area contributed by atoms with E-state index in [9.17, 15) is 0 Å². The molecule has 0 bridgehead atoms. The lowest BCUT2D eigenvalue weighted by Crippen LogP contribution is -1.99. The number of benzene rings is 1. The summed E-state index contributed by atoms with van der Waals surface area (Å²) in [5.41, 5.74) is 0. The average Bonchev–Trinajstić information content (AvgIpc) is 2.79. The molecule has 1 radical (unpaired) electrons. The molecule has 0 fully saturated rings. The normalized spacial score (nSPS) is 10.4. The van der Waals surface area contributed by atoms with Crippen molar-refractivity contribution in [2.24, 2.45) is 0 Å². The molecular weight excluding hydrogens is 212 g/mol. The van der Waals surface area contributed by atoms with Crippen molar-refractivity contribution in [2.45, 2.75) is 25.8 Å². The lowest BCUT2D eigenvalue weighted by Gasteiger charge is -2.08. The van der Waals surface area contributed by atoms with E-state index in [1.165, 1.54) is 0 Å². The second kappa shape index (κ2) is 6.09. The fourth-order valence-corrected chi connectivity index (χ4v) is 1.63. The molecule has 1 aromatic heterocycles. The third-order valence-electron chi connectivity index (χ3n) is 2.54. The van der Waals surface area contributed by atoms with Crippen LogP contribution in [0.2, 0.25) is 0 Å². The number of hydrogen-bond donors (Lipinski definition) is 0. The van der Waals surface area contributed by atoms with Gasteiger partial charge in [0.25, 0.3) is 0 Å². The molecule has 0 aliphatic heterocycles. The molecule has 0 atom stereocenters. The summed E-state index contributed by atoms with van der Waals surface area (Å²) in [7, 11) is 0. The fraction of sp³-hybridized carbons (Fsp3) is 0.286. The van der Waals surface area contributed by atoms with Gasteiger partial charge in [0.15, 0.2) is 0 Å². The minimum Gasteiger partial charge on any atom is -0.439 e. The van der Waals surface area contributed by atoms with Crippen LogP contribution in [0.1, 0.15) is 19.3 Å². The Bertz CT molecular complexity index is 436. The van der Waals surface area contributed by atoms with Crippen LogP contribution < -0.4 is 4.74 Å². The number of aryl methyl sites for hydroxylation is 1. The quantitative estimate of drug-likeness (QED) is 0.706. The summed E-state index contributed by atoms with van der Waals surface area (Å²) in [5, 5.41) is 0. The zero-order valence-corrected chi connectivity index (χ0v) is 9.88. The van der Waals surface area contributed by atoms with E-state index in [0.717, 1.165) is 37.4 Å². The molecule has 1 heterocycles. The molecule has 0 amide bonds. The van der Waals surface area contributed by atoms with Gasteiger partial charge in [-0.15, -0.1) is 0 Å². The molecule has 89 valence electrons. The largest absolute Gasteiger partial charge is 0.439 e. The standard InChI is InChI=1S/C14H17N2O/c1-2-3-7-10-16-12-15-11-14(16)17-13-8-5-4-6-9-13/h4-6,8-9,11-12H,1-3,7,10H2. The van der Waals surface area contributed by atoms with Gasteiger partial charge in [0.05, 0.1) is 12.5 Å². The van der Waals surface area contributed by atoms with Crippen molar-refractivity contribution in [1.82, 2.24) is 9.55 Å². The number of ether oxygens (including phenoxy) is 1. The summed E-state index contributed by atoms with van der Waals surface area (Å²) in [6.45, 7) is 4.77. The monoisotopic (exact) mass is 229 g/mol. The molecule has 0 aliphatic carbocycles. The first kappa shape index (κ1) is 11.7. The van der Waals surface area contributed by atoms with Crippen molar-refractivity contribution in [1.29, 1.82) is 0 Å². The maximum absolute atomic E-state index is 5.77. The maximum atomic E-state index is 5.77. The zero-order valence-electron chi connectivity index (χ0n) is 9.88. The first-order valence-electron chi connectivity index (χ1n) is 5.92. The van der Waals surface area contributed by atoms with Crippen molar-refractivity contribution in [3.8, 4) is 11.6 Å². The van der Waals surface area contributed by atoms with Gasteiger partial charge in [0.2, 0.25) is 5.88 Å². The minimum absolute atomic E-state index is 0.792. The molecule has 0 aliphatic rings. The van der Waals surface area contributed by atoms with Crippen LogP contribution in [0.25, 0.3) is 0 Å². The fourth-order valence-electron chi connectivity index (χ4n) is 1.63. The molecule has 3 nitrogen and oxygen atoms in total. The Morgan fingerprint density at radius 1 is 1.18 bits per heavy atom. The highest BCUT2D eigenvalue weighted by Gasteiger charge is 2.03. The molecule has 1 aromatic carbocycles. The highest BCUT2D eigenvalue weighted by atomic mass is 16.5. The van der Waals surface area contributed by atoms with Gasteiger partial charge in [-0.05, 0) is 18.6 Å². The lowest BCUT2D eigenvalue weighted by atomic mass is 10.2. The maximum Gasteiger partial charge on any atom is 0.219 e. The van der Waals surface area contributed by atoms with Crippen molar-refractivity contribution in [2.75, 3.05) is 0 Å². The lowest BCUT2D eigenvalue weighted by molar-refractivity contribution is 0.423. The number of unbranched alkanes of at least 4 members (excludes halogenated alkanes) is 2. The summed E-state index contributed by atoms with van der Waals surface area (Å²) < 4.78 is 7.80. The molecule has 2 aromatic rings. The molecular formula is C14H17N2O. The Kier molecular flexibility index (Phi) is 4.19. The topological polar surface area (TPSA) is 27.1 Å². The first-order valence-corrected chi connectivity index (χ1v) is 5.92. The van der Waals surface area contributed by atoms with E-state index in [2.05, 4.69) is 11.9 Å². The van der Waals surface area contributed by atoms with E-state index in [1.54, 1.807) is 12.5 Å². The smallest absolute Gasteiger partial charge is 0.219 e. The van der Waals surface area contributed by atoms with Gasteiger partial charge in [-0.3, -0.25) is 0 Å². The van der Waals surface area contributed by atoms with Crippen LogP contribution in [0.5, 0.6) is 11.6 Å². The van der Waals surface area contributed by atoms with E-state index in [0.29, 0.717) is 0 Å². The summed E-state index contributed by atoms with van der Waals surface area (Å²) >= 11 is 0. The van der Waals surface area contributed by atoms with Gasteiger partial charge in [-0.1, -0.05) is 38.0 Å². The van der Waals surface area contributed by atoms with Crippen LogP contribution in [0.15, 0.2) is 42.9 Å². The predicted octanol–water partition coefficient (Wildman–Crippen LogP) is 3.68. The van der Waals surface area contributed by atoms with Gasteiger partial charge in [-0.25, -0.2) is 4.98 Å². The molecule has 0 N–H and O–H groups in total. The minimum atomic E-state index is 0.792. The molecule has 0 saturated carbocycles. The molecule has 0 unspecified atom stereocenters. The van der Waals surface area contributed by atoms with Crippen LogP contribution in [-0.4, -0.2) is 9.55 Å². The molecule has 3 heteroatoms. The SMILES string of the molecule is [CH2]CCCCn1cncc1Oc1ccccc1. The van der Waals surface area contributed by atoms with Gasteiger partial charge in [-0.2, -0.15) is 0 Å². The summed E-state index contributed by atoms with van der Waals surface area (Å²) in [6, 6.07) is 9.76. The van der Waals surface area contributed by atoms with Crippen LogP contribution >= 0.6 is 0 Å². The van der Waals surface area contributed by atoms with E-state index in [-0.39, 0.29) is 0 Å². The summed E-state index contributed by atoms with van der Waals surface area (Å²) in [5.74, 6) is 1.63.